The molecule has 0 atom stereocenters. The van der Waals surface area contributed by atoms with Crippen molar-refractivity contribution in [3.63, 3.8) is 0 Å². The van der Waals surface area contributed by atoms with Gasteiger partial charge in [0.15, 0.2) is 0 Å². The molecule has 0 bridgehead atoms. The number of amides is 1. The summed E-state index contributed by atoms with van der Waals surface area (Å²) in [5, 5.41) is 12.9. The third-order valence-electron chi connectivity index (χ3n) is 2.72. The average molecular weight is 320 g/mol. The van der Waals surface area contributed by atoms with E-state index in [-0.39, 0.29) is 12.5 Å². The number of halogens is 1. The summed E-state index contributed by atoms with van der Waals surface area (Å²) in [5.41, 5.74) is 0.414. The first-order chi connectivity index (χ1) is 10.2. The summed E-state index contributed by atoms with van der Waals surface area (Å²) in [6, 6.07) is 10.6. The lowest BCUT2D eigenvalue weighted by atomic mass is 10.2. The van der Waals surface area contributed by atoms with Gasteiger partial charge in [-0.1, -0.05) is 29.8 Å². The number of aromatic nitrogens is 2. The summed E-state index contributed by atoms with van der Waals surface area (Å²) in [6.45, 7) is 0.155. The fourth-order valence-corrected chi connectivity index (χ4v) is 2.59. The van der Waals surface area contributed by atoms with Crippen molar-refractivity contribution in [2.45, 2.75) is 6.54 Å². The standard InChI is InChI=1S/C14H10ClN3O2S/c15-10-5-2-1-4-9(10)13(19)16-8-12-17-18-14(20-12)11-6-3-7-21-11/h1-7H,8H2,(H,16,19). The zero-order chi connectivity index (χ0) is 14.7. The molecule has 3 aromatic rings. The molecule has 0 radical (unpaired) electrons. The Kier molecular flexibility index (Phi) is 3.98. The van der Waals surface area contributed by atoms with Gasteiger partial charge in [0.1, 0.15) is 0 Å². The van der Waals surface area contributed by atoms with E-state index in [2.05, 4.69) is 15.5 Å². The van der Waals surface area contributed by atoms with Crippen molar-refractivity contribution in [3.05, 3.63) is 58.3 Å². The topological polar surface area (TPSA) is 68.0 Å². The van der Waals surface area contributed by atoms with E-state index < -0.39 is 0 Å². The Morgan fingerprint density at radius 3 is 2.86 bits per heavy atom. The molecule has 0 fully saturated rings. The first-order valence-electron chi connectivity index (χ1n) is 6.13. The highest BCUT2D eigenvalue weighted by Crippen LogP contribution is 2.22. The first-order valence-corrected chi connectivity index (χ1v) is 7.39. The molecule has 7 heteroatoms. The number of nitrogens with one attached hydrogen (secondary N) is 1. The largest absolute Gasteiger partial charge is 0.418 e. The number of carbonyl (C=O) groups is 1. The lowest BCUT2D eigenvalue weighted by molar-refractivity contribution is 0.0947. The van der Waals surface area contributed by atoms with E-state index in [0.29, 0.717) is 22.4 Å². The second kappa shape index (κ2) is 6.07. The molecule has 2 heterocycles. The van der Waals surface area contributed by atoms with Crippen molar-refractivity contribution >= 4 is 28.8 Å². The summed E-state index contributed by atoms with van der Waals surface area (Å²) in [5.74, 6) is 0.516. The Morgan fingerprint density at radius 2 is 2.10 bits per heavy atom. The van der Waals surface area contributed by atoms with Crippen LogP contribution in [0.25, 0.3) is 10.8 Å². The van der Waals surface area contributed by atoms with Crippen molar-refractivity contribution in [2.75, 3.05) is 0 Å². The van der Waals surface area contributed by atoms with Crippen LogP contribution in [-0.4, -0.2) is 16.1 Å². The molecular weight excluding hydrogens is 310 g/mol. The van der Waals surface area contributed by atoms with Crippen LogP contribution in [0.5, 0.6) is 0 Å². The van der Waals surface area contributed by atoms with Crippen molar-refractivity contribution in [1.82, 2.24) is 15.5 Å². The molecule has 1 amide bonds. The molecule has 5 nitrogen and oxygen atoms in total. The van der Waals surface area contributed by atoms with E-state index in [0.717, 1.165) is 4.88 Å². The highest BCUT2D eigenvalue weighted by molar-refractivity contribution is 7.13. The maximum Gasteiger partial charge on any atom is 0.257 e. The minimum absolute atomic E-state index is 0.155. The maximum atomic E-state index is 12.0. The van der Waals surface area contributed by atoms with Crippen LogP contribution < -0.4 is 5.32 Å². The zero-order valence-corrected chi connectivity index (χ0v) is 12.3. The Morgan fingerprint density at radius 1 is 1.24 bits per heavy atom. The van der Waals surface area contributed by atoms with Crippen LogP contribution in [0.1, 0.15) is 16.2 Å². The van der Waals surface area contributed by atoms with Gasteiger partial charge in [-0.15, -0.1) is 21.5 Å². The predicted octanol–water partition coefficient (Wildman–Crippen LogP) is 3.38. The van der Waals surface area contributed by atoms with E-state index >= 15 is 0 Å². The summed E-state index contributed by atoms with van der Waals surface area (Å²) in [4.78, 5) is 12.9. The van der Waals surface area contributed by atoms with Gasteiger partial charge >= 0.3 is 0 Å². The molecule has 106 valence electrons. The van der Waals surface area contributed by atoms with Crippen molar-refractivity contribution in [2.24, 2.45) is 0 Å². The molecule has 21 heavy (non-hydrogen) atoms. The van der Waals surface area contributed by atoms with Crippen LogP contribution in [0.2, 0.25) is 5.02 Å². The fraction of sp³-hybridized carbons (Fsp3) is 0.0714. The Hall–Kier alpha value is -2.18. The van der Waals surface area contributed by atoms with E-state index in [9.17, 15) is 4.79 Å². The van der Waals surface area contributed by atoms with E-state index in [1.807, 2.05) is 17.5 Å². The number of hydrogen-bond donors (Lipinski definition) is 1. The molecule has 1 aromatic carbocycles. The van der Waals surface area contributed by atoms with E-state index in [4.69, 9.17) is 16.0 Å². The average Bonchev–Trinajstić information content (AvgIpc) is 3.16. The molecule has 0 aliphatic carbocycles. The Labute approximate surface area is 129 Å². The monoisotopic (exact) mass is 319 g/mol. The smallest absolute Gasteiger partial charge is 0.257 e. The highest BCUT2D eigenvalue weighted by Gasteiger charge is 2.12. The Balaban J connectivity index is 1.66. The number of thiophene rings is 1. The molecule has 0 aliphatic rings. The molecular formula is C14H10ClN3O2S. The van der Waals surface area contributed by atoms with Crippen LogP contribution >= 0.6 is 22.9 Å². The van der Waals surface area contributed by atoms with Gasteiger partial charge in [0.25, 0.3) is 11.8 Å². The molecule has 0 spiro atoms. The fourth-order valence-electron chi connectivity index (χ4n) is 1.72. The number of nitrogens with zero attached hydrogens (tertiary/aromatic N) is 2. The van der Waals surface area contributed by atoms with E-state index in [1.54, 1.807) is 24.3 Å². The third-order valence-corrected chi connectivity index (χ3v) is 3.90. The van der Waals surface area contributed by atoms with Gasteiger partial charge in [0.05, 0.1) is 22.0 Å². The van der Waals surface area contributed by atoms with Gasteiger partial charge < -0.3 is 9.73 Å². The lowest BCUT2D eigenvalue weighted by Crippen LogP contribution is -2.23. The number of hydrogen-bond acceptors (Lipinski definition) is 5. The molecule has 3 rings (SSSR count). The number of benzene rings is 1. The molecule has 2 aromatic heterocycles. The molecule has 0 unspecified atom stereocenters. The second-order valence-electron chi connectivity index (χ2n) is 4.14. The molecule has 1 N–H and O–H groups in total. The normalized spacial score (nSPS) is 10.5. The predicted molar refractivity (Wildman–Crippen MR) is 80.2 cm³/mol. The van der Waals surface area contributed by atoms with Crippen molar-refractivity contribution < 1.29 is 9.21 Å². The quantitative estimate of drug-likeness (QED) is 0.800. The van der Waals surface area contributed by atoms with Gasteiger partial charge in [-0.05, 0) is 23.6 Å². The summed E-state index contributed by atoms with van der Waals surface area (Å²) in [7, 11) is 0. The van der Waals surface area contributed by atoms with Gasteiger partial charge in [0, 0.05) is 0 Å². The van der Waals surface area contributed by atoms with Gasteiger partial charge in [0.2, 0.25) is 5.89 Å². The van der Waals surface area contributed by atoms with Gasteiger partial charge in [-0.3, -0.25) is 4.79 Å². The van der Waals surface area contributed by atoms with Gasteiger partial charge in [-0.2, -0.15) is 0 Å². The second-order valence-corrected chi connectivity index (χ2v) is 5.50. The summed E-state index contributed by atoms with van der Waals surface area (Å²) in [6.07, 6.45) is 0. The molecule has 0 saturated heterocycles. The third kappa shape index (κ3) is 3.12. The summed E-state index contributed by atoms with van der Waals surface area (Å²) < 4.78 is 5.49. The minimum atomic E-state index is -0.281. The van der Waals surface area contributed by atoms with Crippen molar-refractivity contribution in [3.8, 4) is 10.8 Å². The zero-order valence-electron chi connectivity index (χ0n) is 10.7. The summed E-state index contributed by atoms with van der Waals surface area (Å²) >= 11 is 7.47. The first kappa shape index (κ1) is 13.8. The van der Waals surface area contributed by atoms with Gasteiger partial charge in [-0.25, -0.2) is 0 Å². The SMILES string of the molecule is O=C(NCc1nnc(-c2cccs2)o1)c1ccccc1Cl. The lowest BCUT2D eigenvalue weighted by Gasteiger charge is -2.03. The van der Waals surface area contributed by atoms with Crippen LogP contribution in [0.15, 0.2) is 46.2 Å². The molecule has 0 saturated carbocycles. The highest BCUT2D eigenvalue weighted by atomic mass is 35.5. The Bertz CT molecular complexity index is 755. The number of carbonyl (C=O) groups excluding carboxylic acids is 1. The van der Waals surface area contributed by atoms with E-state index in [1.165, 1.54) is 11.3 Å². The van der Waals surface area contributed by atoms with Crippen LogP contribution in [0.3, 0.4) is 0 Å². The van der Waals surface area contributed by atoms with Crippen molar-refractivity contribution in [1.29, 1.82) is 0 Å². The molecule has 0 aliphatic heterocycles. The minimum Gasteiger partial charge on any atom is -0.418 e. The van der Waals surface area contributed by atoms with Crippen LogP contribution in [0, 0.1) is 0 Å². The number of rotatable bonds is 4. The van der Waals surface area contributed by atoms with Crippen LogP contribution in [0.4, 0.5) is 0 Å². The van der Waals surface area contributed by atoms with Crippen LogP contribution in [-0.2, 0) is 6.54 Å². The maximum absolute atomic E-state index is 12.0.